The first-order valence-electron chi connectivity index (χ1n) is 9.62. The third-order valence-corrected chi connectivity index (χ3v) is 5.52. The monoisotopic (exact) mass is 379 g/mol. The quantitative estimate of drug-likeness (QED) is 0.699. The van der Waals surface area contributed by atoms with Gasteiger partial charge in [0, 0.05) is 44.5 Å². The Balaban J connectivity index is 1.49. The molecule has 1 aliphatic rings. The van der Waals surface area contributed by atoms with Crippen molar-refractivity contribution in [1.29, 1.82) is 0 Å². The molecule has 6 heteroatoms. The Morgan fingerprint density at radius 3 is 2.39 bits per heavy atom. The lowest BCUT2D eigenvalue weighted by Gasteiger charge is -2.32. The SMILES string of the molecule is Cc1ccc2oc(=O)n(C3CCN(C(=O)c4ccc(N(C)C)cc4)CC3)c2c1. The predicted octanol–water partition coefficient (Wildman–Crippen LogP) is 3.45. The van der Waals surface area contributed by atoms with Crippen LogP contribution in [0.25, 0.3) is 11.1 Å². The van der Waals surface area contributed by atoms with Gasteiger partial charge in [-0.3, -0.25) is 9.36 Å². The molecule has 1 aliphatic heterocycles. The summed E-state index contributed by atoms with van der Waals surface area (Å²) in [5.41, 5.74) is 4.32. The van der Waals surface area contributed by atoms with E-state index in [-0.39, 0.29) is 17.7 Å². The molecule has 2 aromatic carbocycles. The van der Waals surface area contributed by atoms with Crippen molar-refractivity contribution in [3.05, 3.63) is 64.1 Å². The van der Waals surface area contributed by atoms with Crippen LogP contribution >= 0.6 is 0 Å². The third-order valence-electron chi connectivity index (χ3n) is 5.52. The van der Waals surface area contributed by atoms with Crippen LogP contribution in [0.5, 0.6) is 0 Å². The fraction of sp³-hybridized carbons (Fsp3) is 0.364. The average Bonchev–Trinajstić information content (AvgIpc) is 3.02. The van der Waals surface area contributed by atoms with E-state index in [0.29, 0.717) is 24.2 Å². The van der Waals surface area contributed by atoms with Gasteiger partial charge >= 0.3 is 5.76 Å². The average molecular weight is 379 g/mol. The van der Waals surface area contributed by atoms with Crippen molar-refractivity contribution < 1.29 is 9.21 Å². The van der Waals surface area contributed by atoms with Crippen LogP contribution < -0.4 is 10.7 Å². The van der Waals surface area contributed by atoms with Crippen LogP contribution in [-0.2, 0) is 0 Å². The number of hydrogen-bond acceptors (Lipinski definition) is 4. The minimum absolute atomic E-state index is 0.0454. The Labute approximate surface area is 164 Å². The van der Waals surface area contributed by atoms with Crippen molar-refractivity contribution in [3.8, 4) is 0 Å². The molecule has 0 unspecified atom stereocenters. The molecule has 0 N–H and O–H groups in total. The molecule has 0 aliphatic carbocycles. The molecule has 0 saturated carbocycles. The summed E-state index contributed by atoms with van der Waals surface area (Å²) in [6.45, 7) is 3.26. The Bertz CT molecular complexity index is 1050. The van der Waals surface area contributed by atoms with Gasteiger partial charge < -0.3 is 14.2 Å². The van der Waals surface area contributed by atoms with E-state index >= 15 is 0 Å². The molecule has 0 bridgehead atoms. The van der Waals surface area contributed by atoms with E-state index in [1.807, 2.05) is 73.3 Å². The summed E-state index contributed by atoms with van der Waals surface area (Å²) < 4.78 is 7.16. The van der Waals surface area contributed by atoms with Gasteiger partial charge in [-0.2, -0.15) is 0 Å². The summed E-state index contributed by atoms with van der Waals surface area (Å²) >= 11 is 0. The van der Waals surface area contributed by atoms with E-state index < -0.39 is 0 Å². The molecule has 146 valence electrons. The van der Waals surface area contributed by atoms with Crippen molar-refractivity contribution >= 4 is 22.7 Å². The topological polar surface area (TPSA) is 58.7 Å². The largest absolute Gasteiger partial charge is 0.420 e. The van der Waals surface area contributed by atoms with Gasteiger partial charge in [-0.1, -0.05) is 6.07 Å². The fourth-order valence-corrected chi connectivity index (χ4v) is 3.90. The van der Waals surface area contributed by atoms with Gasteiger partial charge in [-0.25, -0.2) is 4.79 Å². The van der Waals surface area contributed by atoms with E-state index in [4.69, 9.17) is 4.42 Å². The maximum Gasteiger partial charge on any atom is 0.420 e. The van der Waals surface area contributed by atoms with E-state index in [1.54, 1.807) is 4.57 Å². The second kappa shape index (κ2) is 7.19. The highest BCUT2D eigenvalue weighted by Crippen LogP contribution is 2.27. The van der Waals surface area contributed by atoms with E-state index in [1.165, 1.54) is 0 Å². The van der Waals surface area contributed by atoms with Crippen molar-refractivity contribution in [3.63, 3.8) is 0 Å². The molecule has 0 spiro atoms. The van der Waals surface area contributed by atoms with Crippen LogP contribution in [-0.4, -0.2) is 42.6 Å². The van der Waals surface area contributed by atoms with E-state index in [0.717, 1.165) is 29.6 Å². The lowest BCUT2D eigenvalue weighted by molar-refractivity contribution is 0.0694. The molecule has 1 saturated heterocycles. The van der Waals surface area contributed by atoms with Crippen molar-refractivity contribution in [1.82, 2.24) is 9.47 Å². The molecule has 1 amide bonds. The molecule has 1 fully saturated rings. The predicted molar refractivity (Wildman–Crippen MR) is 110 cm³/mol. The number of carbonyl (C=O) groups excluding carboxylic acids is 1. The molecule has 2 heterocycles. The number of nitrogens with zero attached hydrogens (tertiary/aromatic N) is 3. The molecule has 0 atom stereocenters. The zero-order valence-corrected chi connectivity index (χ0v) is 16.5. The number of amides is 1. The van der Waals surface area contributed by atoms with Crippen molar-refractivity contribution in [2.24, 2.45) is 0 Å². The van der Waals surface area contributed by atoms with Gasteiger partial charge in [0.25, 0.3) is 5.91 Å². The molecule has 6 nitrogen and oxygen atoms in total. The van der Waals surface area contributed by atoms with Crippen LogP contribution in [0.1, 0.15) is 34.8 Å². The zero-order valence-electron chi connectivity index (χ0n) is 16.5. The van der Waals surface area contributed by atoms with Crippen LogP contribution in [0.4, 0.5) is 5.69 Å². The second-order valence-corrected chi connectivity index (χ2v) is 7.67. The number of carbonyl (C=O) groups is 1. The normalized spacial score (nSPS) is 15.2. The zero-order chi connectivity index (χ0) is 19.8. The van der Waals surface area contributed by atoms with E-state index in [2.05, 4.69) is 0 Å². The summed E-state index contributed by atoms with van der Waals surface area (Å²) in [6.07, 6.45) is 1.48. The number of anilines is 1. The minimum atomic E-state index is -0.315. The van der Waals surface area contributed by atoms with Gasteiger partial charge in [0.15, 0.2) is 5.58 Å². The Kier molecular flexibility index (Phi) is 4.71. The third kappa shape index (κ3) is 3.30. The van der Waals surface area contributed by atoms with Gasteiger partial charge in [0.2, 0.25) is 0 Å². The first-order chi connectivity index (χ1) is 13.4. The number of rotatable bonds is 3. The maximum absolute atomic E-state index is 12.8. The number of likely N-dealkylation sites (tertiary alicyclic amines) is 1. The number of benzene rings is 2. The van der Waals surface area contributed by atoms with Crippen molar-refractivity contribution in [2.45, 2.75) is 25.8 Å². The number of piperidine rings is 1. The minimum Gasteiger partial charge on any atom is -0.408 e. The van der Waals surface area contributed by atoms with Gasteiger partial charge in [0.1, 0.15) is 0 Å². The van der Waals surface area contributed by atoms with Gasteiger partial charge in [-0.05, 0) is 61.7 Å². The number of aryl methyl sites for hydroxylation is 1. The van der Waals surface area contributed by atoms with Crippen LogP contribution in [0, 0.1) is 6.92 Å². The Morgan fingerprint density at radius 2 is 1.75 bits per heavy atom. The summed E-state index contributed by atoms with van der Waals surface area (Å²) in [5.74, 6) is -0.270. The van der Waals surface area contributed by atoms with Crippen molar-refractivity contribution in [2.75, 3.05) is 32.1 Å². The van der Waals surface area contributed by atoms with Crippen LogP contribution in [0.2, 0.25) is 0 Å². The lowest BCUT2D eigenvalue weighted by atomic mass is 10.0. The highest BCUT2D eigenvalue weighted by atomic mass is 16.4. The lowest BCUT2D eigenvalue weighted by Crippen LogP contribution is -2.40. The standard InChI is InChI=1S/C22H25N3O3/c1-15-4-9-20-19(14-15)25(22(27)28-20)18-10-12-24(13-11-18)21(26)16-5-7-17(8-6-16)23(2)3/h4-9,14,18H,10-13H2,1-3H3. The molecule has 1 aromatic heterocycles. The molecule has 3 aromatic rings. The Morgan fingerprint density at radius 1 is 1.07 bits per heavy atom. The maximum atomic E-state index is 12.8. The van der Waals surface area contributed by atoms with E-state index in [9.17, 15) is 9.59 Å². The first kappa shape index (κ1) is 18.3. The van der Waals surface area contributed by atoms with Gasteiger partial charge in [0.05, 0.1) is 5.52 Å². The number of oxazole rings is 1. The highest BCUT2D eigenvalue weighted by Gasteiger charge is 2.27. The highest BCUT2D eigenvalue weighted by molar-refractivity contribution is 5.94. The Hall–Kier alpha value is -3.02. The smallest absolute Gasteiger partial charge is 0.408 e. The molecular weight excluding hydrogens is 354 g/mol. The number of fused-ring (bicyclic) bond motifs is 1. The molecular formula is C22H25N3O3. The summed E-state index contributed by atoms with van der Waals surface area (Å²) in [7, 11) is 3.95. The number of hydrogen-bond donors (Lipinski definition) is 0. The summed E-state index contributed by atoms with van der Waals surface area (Å²) in [5, 5.41) is 0. The molecule has 28 heavy (non-hydrogen) atoms. The first-order valence-corrected chi connectivity index (χ1v) is 9.62. The molecule has 0 radical (unpaired) electrons. The van der Waals surface area contributed by atoms with Crippen LogP contribution in [0.15, 0.2) is 51.7 Å². The summed E-state index contributed by atoms with van der Waals surface area (Å²) in [6, 6.07) is 13.5. The fourth-order valence-electron chi connectivity index (χ4n) is 3.90. The van der Waals surface area contributed by atoms with Gasteiger partial charge in [-0.15, -0.1) is 0 Å². The second-order valence-electron chi connectivity index (χ2n) is 7.67. The summed E-state index contributed by atoms with van der Waals surface area (Å²) in [4.78, 5) is 29.1. The van der Waals surface area contributed by atoms with Crippen LogP contribution in [0.3, 0.4) is 0 Å². The molecule has 4 rings (SSSR count). The number of aromatic nitrogens is 1.